The number of nitrogens with one attached hydrogen (secondary N) is 2. The van der Waals surface area contributed by atoms with E-state index in [-0.39, 0.29) is 11.8 Å². The Bertz CT molecular complexity index is 907. The van der Waals surface area contributed by atoms with E-state index in [4.69, 9.17) is 32.7 Å². The minimum atomic E-state index is 0.0628. The second kappa shape index (κ2) is 17.9. The number of carbonyl (C=O) groups is 2. The van der Waals surface area contributed by atoms with Crippen molar-refractivity contribution in [2.75, 3.05) is 26.3 Å². The van der Waals surface area contributed by atoms with Gasteiger partial charge in [0.15, 0.2) is 0 Å². The van der Waals surface area contributed by atoms with Gasteiger partial charge < -0.3 is 20.1 Å². The maximum absolute atomic E-state index is 12.0. The first-order valence-corrected chi connectivity index (χ1v) is 13.9. The average molecular weight is 552 g/mol. The van der Waals surface area contributed by atoms with Gasteiger partial charge in [-0.05, 0) is 87.1 Å². The largest absolute Gasteiger partial charge is 0.493 e. The quantitative estimate of drug-likeness (QED) is 0.200. The van der Waals surface area contributed by atoms with Crippen LogP contribution in [-0.2, 0) is 9.59 Å². The van der Waals surface area contributed by atoms with Crippen molar-refractivity contribution >= 4 is 35.0 Å². The van der Waals surface area contributed by atoms with Crippen LogP contribution in [0.3, 0.4) is 0 Å². The van der Waals surface area contributed by atoms with Crippen LogP contribution in [0, 0.1) is 13.8 Å². The predicted molar refractivity (Wildman–Crippen MR) is 151 cm³/mol. The molecule has 37 heavy (non-hydrogen) atoms. The first kappa shape index (κ1) is 30.8. The average Bonchev–Trinajstić information content (AvgIpc) is 2.85. The fourth-order valence-corrected chi connectivity index (χ4v) is 4.25. The maximum Gasteiger partial charge on any atom is 0.220 e. The monoisotopic (exact) mass is 550 g/mol. The van der Waals surface area contributed by atoms with E-state index >= 15 is 0 Å². The van der Waals surface area contributed by atoms with E-state index in [1.54, 1.807) is 12.1 Å². The highest BCUT2D eigenvalue weighted by Gasteiger charge is 2.05. The smallest absolute Gasteiger partial charge is 0.220 e. The Kier molecular flexibility index (Phi) is 14.9. The Labute approximate surface area is 231 Å². The molecule has 204 valence electrons. The van der Waals surface area contributed by atoms with Crippen molar-refractivity contribution in [3.63, 3.8) is 0 Å². The van der Waals surface area contributed by atoms with Gasteiger partial charge in [-0.25, -0.2) is 0 Å². The van der Waals surface area contributed by atoms with Crippen molar-refractivity contribution in [3.8, 4) is 11.5 Å². The zero-order valence-corrected chi connectivity index (χ0v) is 23.6. The molecule has 2 amide bonds. The van der Waals surface area contributed by atoms with Crippen LogP contribution in [0.1, 0.15) is 68.9 Å². The summed E-state index contributed by atoms with van der Waals surface area (Å²) >= 11 is 11.9. The molecule has 0 unspecified atom stereocenters. The van der Waals surface area contributed by atoms with Gasteiger partial charge in [-0.15, -0.1) is 0 Å². The molecule has 0 spiro atoms. The molecule has 0 bridgehead atoms. The van der Waals surface area contributed by atoms with Gasteiger partial charge in [0.05, 0.1) is 13.2 Å². The second-order valence-electron chi connectivity index (χ2n) is 9.19. The number of carbonyl (C=O) groups excluding carboxylic acids is 2. The summed E-state index contributed by atoms with van der Waals surface area (Å²) in [5, 5.41) is 7.32. The molecular formula is C29H40Cl2N2O4. The third kappa shape index (κ3) is 13.6. The molecule has 0 saturated carbocycles. The second-order valence-corrected chi connectivity index (χ2v) is 10.1. The molecule has 8 heteroatoms. The zero-order valence-electron chi connectivity index (χ0n) is 22.0. The van der Waals surface area contributed by atoms with Gasteiger partial charge in [-0.3, -0.25) is 9.59 Å². The lowest BCUT2D eigenvalue weighted by Gasteiger charge is -2.10. The van der Waals surface area contributed by atoms with E-state index in [1.165, 1.54) is 0 Å². The van der Waals surface area contributed by atoms with Crippen molar-refractivity contribution in [1.29, 1.82) is 0 Å². The molecule has 0 saturated heterocycles. The van der Waals surface area contributed by atoms with Gasteiger partial charge in [0.25, 0.3) is 0 Å². The van der Waals surface area contributed by atoms with E-state index in [0.29, 0.717) is 62.0 Å². The normalized spacial score (nSPS) is 10.7. The third-order valence-electron chi connectivity index (χ3n) is 5.88. The SMILES string of the molecule is Cc1cc(Cl)ccc1OCCCC(=O)NCCCCCCCNC(=O)CCCOc1ccc(Cl)cc1C. The van der Waals surface area contributed by atoms with Crippen molar-refractivity contribution in [2.24, 2.45) is 0 Å². The molecule has 2 rings (SSSR count). The highest BCUT2D eigenvalue weighted by Crippen LogP contribution is 2.23. The molecule has 6 nitrogen and oxygen atoms in total. The lowest BCUT2D eigenvalue weighted by molar-refractivity contribution is -0.122. The third-order valence-corrected chi connectivity index (χ3v) is 6.35. The Morgan fingerprint density at radius 1 is 0.649 bits per heavy atom. The number of unbranched alkanes of at least 4 members (excludes halogenated alkanes) is 4. The molecule has 0 aliphatic heterocycles. The molecule has 0 heterocycles. The van der Waals surface area contributed by atoms with Crippen LogP contribution in [0.4, 0.5) is 0 Å². The highest BCUT2D eigenvalue weighted by atomic mass is 35.5. The summed E-state index contributed by atoms with van der Waals surface area (Å²) in [5.74, 6) is 1.74. The summed E-state index contributed by atoms with van der Waals surface area (Å²) in [6.45, 7) is 6.31. The first-order chi connectivity index (χ1) is 17.8. The van der Waals surface area contributed by atoms with E-state index in [2.05, 4.69) is 10.6 Å². The van der Waals surface area contributed by atoms with Crippen LogP contribution >= 0.6 is 23.2 Å². The van der Waals surface area contributed by atoms with Crippen LogP contribution in [0.25, 0.3) is 0 Å². The fourth-order valence-electron chi connectivity index (χ4n) is 3.79. The molecule has 0 aliphatic carbocycles. The molecule has 0 aromatic heterocycles. The van der Waals surface area contributed by atoms with Crippen molar-refractivity contribution in [2.45, 2.75) is 71.6 Å². The summed E-state index contributed by atoms with van der Waals surface area (Å²) in [6, 6.07) is 11.0. The van der Waals surface area contributed by atoms with Gasteiger partial charge in [0.1, 0.15) is 11.5 Å². The molecule has 2 aromatic rings. The standard InChI is InChI=1S/C29H40Cl2N2O4/c1-22-20-24(30)12-14-26(22)36-18-8-10-28(34)32-16-6-4-3-5-7-17-33-29(35)11-9-19-37-27-15-13-25(31)21-23(27)2/h12-15,20-21H,3-11,16-19H2,1-2H3,(H,32,34)(H,33,35). The molecule has 0 fully saturated rings. The zero-order chi connectivity index (χ0) is 26.9. The summed E-state index contributed by atoms with van der Waals surface area (Å²) in [4.78, 5) is 23.9. The van der Waals surface area contributed by atoms with Crippen LogP contribution in [0.15, 0.2) is 36.4 Å². The summed E-state index contributed by atoms with van der Waals surface area (Å²) in [6.07, 6.45) is 7.41. The minimum absolute atomic E-state index is 0.0628. The lowest BCUT2D eigenvalue weighted by atomic mass is 10.1. The number of hydrogen-bond donors (Lipinski definition) is 2. The molecular weight excluding hydrogens is 511 g/mol. The summed E-state index contributed by atoms with van der Waals surface area (Å²) in [5.41, 5.74) is 1.98. The van der Waals surface area contributed by atoms with Crippen LogP contribution < -0.4 is 20.1 Å². The Morgan fingerprint density at radius 3 is 1.46 bits per heavy atom. The van der Waals surface area contributed by atoms with Crippen LogP contribution in [0.5, 0.6) is 11.5 Å². The molecule has 0 atom stereocenters. The Hall–Kier alpha value is -2.44. The Balaban J connectivity index is 1.36. The van der Waals surface area contributed by atoms with E-state index in [9.17, 15) is 9.59 Å². The fraction of sp³-hybridized carbons (Fsp3) is 0.517. The van der Waals surface area contributed by atoms with Crippen molar-refractivity contribution in [1.82, 2.24) is 10.6 Å². The van der Waals surface area contributed by atoms with Crippen molar-refractivity contribution in [3.05, 3.63) is 57.6 Å². The van der Waals surface area contributed by atoms with Gasteiger partial charge >= 0.3 is 0 Å². The molecule has 2 aromatic carbocycles. The lowest BCUT2D eigenvalue weighted by Crippen LogP contribution is -2.25. The van der Waals surface area contributed by atoms with Gasteiger partial charge in [0.2, 0.25) is 11.8 Å². The Morgan fingerprint density at radius 2 is 1.05 bits per heavy atom. The predicted octanol–water partition coefficient (Wildman–Crippen LogP) is 6.81. The summed E-state index contributed by atoms with van der Waals surface area (Å²) < 4.78 is 11.4. The van der Waals surface area contributed by atoms with Gasteiger partial charge in [-0.2, -0.15) is 0 Å². The summed E-state index contributed by atoms with van der Waals surface area (Å²) in [7, 11) is 0. The maximum atomic E-state index is 12.0. The number of aryl methyl sites for hydroxylation is 2. The molecule has 2 N–H and O–H groups in total. The number of benzene rings is 2. The van der Waals surface area contributed by atoms with E-state index < -0.39 is 0 Å². The topological polar surface area (TPSA) is 76.7 Å². The van der Waals surface area contributed by atoms with Gasteiger partial charge in [0, 0.05) is 36.0 Å². The molecule has 0 radical (unpaired) electrons. The first-order valence-electron chi connectivity index (χ1n) is 13.2. The number of amides is 2. The minimum Gasteiger partial charge on any atom is -0.493 e. The molecule has 0 aliphatic rings. The highest BCUT2D eigenvalue weighted by molar-refractivity contribution is 6.31. The van der Waals surface area contributed by atoms with E-state index in [1.807, 2.05) is 38.1 Å². The number of halogens is 2. The van der Waals surface area contributed by atoms with Gasteiger partial charge in [-0.1, -0.05) is 42.5 Å². The number of ether oxygens (including phenoxy) is 2. The van der Waals surface area contributed by atoms with Crippen LogP contribution in [0.2, 0.25) is 10.0 Å². The number of rotatable bonds is 18. The number of hydrogen-bond acceptors (Lipinski definition) is 4. The van der Waals surface area contributed by atoms with Crippen molar-refractivity contribution < 1.29 is 19.1 Å². The van der Waals surface area contributed by atoms with Crippen LogP contribution in [-0.4, -0.2) is 38.1 Å². The van der Waals surface area contributed by atoms with E-state index in [0.717, 1.165) is 54.7 Å².